The van der Waals surface area contributed by atoms with Gasteiger partial charge in [-0.1, -0.05) is 77.1 Å². The molecule has 1 aliphatic heterocycles. The summed E-state index contributed by atoms with van der Waals surface area (Å²) in [4.78, 5) is 15.2. The van der Waals surface area contributed by atoms with Gasteiger partial charge in [-0.05, 0) is 61.0 Å². The maximum atomic E-state index is 12.6. The standard InChI is InChI=1S/C26H43ClN2O/c1-19(2)24(28-25(30)14-9-20-7-5-6-8-20)17-29-16-15-23(26(3,4)18-29)21-10-12-22(27)13-11-21/h10,12-13,19-21,23-24H,5-9,11,14-18H2,1-4H3,(H,28,30)/t21?,23-,24+/m1/s1. The second kappa shape index (κ2) is 10.7. The molecule has 1 N–H and O–H groups in total. The first-order chi connectivity index (χ1) is 14.2. The van der Waals surface area contributed by atoms with Crippen molar-refractivity contribution in [3.05, 3.63) is 23.3 Å². The summed E-state index contributed by atoms with van der Waals surface area (Å²) in [6.45, 7) is 12.5. The SMILES string of the molecule is CC(C)[C@H](CN1CC[C@H](C2C=CC(Cl)=CC2)C(C)(C)C1)NC(=O)CCC1CCCC1. The number of hydrogen-bond acceptors (Lipinski definition) is 2. The minimum Gasteiger partial charge on any atom is -0.352 e. The molecule has 1 amide bonds. The number of rotatable bonds is 8. The predicted octanol–water partition coefficient (Wildman–Crippen LogP) is 6.14. The largest absolute Gasteiger partial charge is 0.352 e. The Labute approximate surface area is 189 Å². The number of nitrogens with zero attached hydrogens (tertiary/aromatic N) is 1. The molecular weight excluding hydrogens is 392 g/mol. The van der Waals surface area contributed by atoms with Gasteiger partial charge in [-0.15, -0.1) is 0 Å². The average molecular weight is 435 g/mol. The number of nitrogens with one attached hydrogen (secondary N) is 1. The van der Waals surface area contributed by atoms with Gasteiger partial charge >= 0.3 is 0 Å². The molecule has 1 unspecified atom stereocenters. The van der Waals surface area contributed by atoms with Crippen LogP contribution in [0.4, 0.5) is 0 Å². The highest BCUT2D eigenvalue weighted by molar-refractivity contribution is 6.31. The molecule has 0 spiro atoms. The zero-order valence-corrected chi connectivity index (χ0v) is 20.4. The molecule has 1 heterocycles. The quantitative estimate of drug-likeness (QED) is 0.497. The van der Waals surface area contributed by atoms with Gasteiger partial charge in [0.15, 0.2) is 0 Å². The van der Waals surface area contributed by atoms with Gasteiger partial charge in [-0.2, -0.15) is 0 Å². The van der Waals surface area contributed by atoms with E-state index in [1.807, 2.05) is 0 Å². The van der Waals surface area contributed by atoms with Gasteiger partial charge in [-0.25, -0.2) is 0 Å². The number of carbonyl (C=O) groups excluding carboxylic acids is 1. The summed E-state index contributed by atoms with van der Waals surface area (Å²) in [6.07, 6.45) is 16.0. The van der Waals surface area contributed by atoms with Crippen LogP contribution in [-0.2, 0) is 4.79 Å². The summed E-state index contributed by atoms with van der Waals surface area (Å²) in [5, 5.41) is 4.26. The zero-order chi connectivity index (χ0) is 21.7. The fourth-order valence-corrected chi connectivity index (χ4v) is 6.12. The summed E-state index contributed by atoms with van der Waals surface area (Å²) < 4.78 is 0. The Morgan fingerprint density at radius 2 is 2.00 bits per heavy atom. The normalized spacial score (nSPS) is 28.5. The minimum absolute atomic E-state index is 0.241. The molecule has 4 heteroatoms. The van der Waals surface area contributed by atoms with Crippen LogP contribution in [0.1, 0.15) is 79.1 Å². The molecular formula is C26H43ClN2O. The predicted molar refractivity (Wildman–Crippen MR) is 127 cm³/mol. The van der Waals surface area contributed by atoms with Gasteiger partial charge < -0.3 is 10.2 Å². The fourth-order valence-electron chi connectivity index (χ4n) is 5.96. The van der Waals surface area contributed by atoms with Crippen LogP contribution in [0.5, 0.6) is 0 Å². The molecule has 3 atom stereocenters. The van der Waals surface area contributed by atoms with E-state index in [0.717, 1.165) is 43.4 Å². The van der Waals surface area contributed by atoms with E-state index in [1.165, 1.54) is 32.1 Å². The fraction of sp³-hybridized carbons (Fsp3) is 0.808. The van der Waals surface area contributed by atoms with E-state index in [4.69, 9.17) is 11.6 Å². The third-order valence-corrected chi connectivity index (χ3v) is 8.14. The Balaban J connectivity index is 1.49. The second-order valence-corrected chi connectivity index (χ2v) is 11.5. The van der Waals surface area contributed by atoms with Gasteiger partial charge in [-0.3, -0.25) is 4.79 Å². The number of carbonyl (C=O) groups is 1. The lowest BCUT2D eigenvalue weighted by atomic mass is 9.66. The van der Waals surface area contributed by atoms with Crippen LogP contribution < -0.4 is 5.32 Å². The van der Waals surface area contributed by atoms with Crippen molar-refractivity contribution in [2.75, 3.05) is 19.6 Å². The number of piperidine rings is 1. The highest BCUT2D eigenvalue weighted by atomic mass is 35.5. The third kappa shape index (κ3) is 6.60. The van der Waals surface area contributed by atoms with Crippen LogP contribution in [0, 0.1) is 29.1 Å². The van der Waals surface area contributed by atoms with Gasteiger partial charge in [0.05, 0.1) is 0 Å². The van der Waals surface area contributed by atoms with Crippen LogP contribution in [0.25, 0.3) is 0 Å². The van der Waals surface area contributed by atoms with E-state index < -0.39 is 0 Å². The van der Waals surface area contributed by atoms with Crippen molar-refractivity contribution in [1.82, 2.24) is 10.2 Å². The van der Waals surface area contributed by atoms with Crippen LogP contribution >= 0.6 is 11.6 Å². The molecule has 3 aliphatic rings. The Kier molecular flexibility index (Phi) is 8.49. The molecule has 1 saturated carbocycles. The zero-order valence-electron chi connectivity index (χ0n) is 19.6. The summed E-state index contributed by atoms with van der Waals surface area (Å²) in [6, 6.07) is 0.241. The molecule has 0 aromatic heterocycles. The van der Waals surface area contributed by atoms with Gasteiger partial charge in [0.1, 0.15) is 0 Å². The molecule has 3 rings (SSSR count). The molecule has 0 aromatic rings. The van der Waals surface area contributed by atoms with Crippen molar-refractivity contribution in [2.45, 2.75) is 85.1 Å². The number of amides is 1. The van der Waals surface area contributed by atoms with E-state index in [2.05, 4.69) is 56.1 Å². The lowest BCUT2D eigenvalue weighted by Gasteiger charge is -2.48. The van der Waals surface area contributed by atoms with Crippen molar-refractivity contribution < 1.29 is 4.79 Å². The number of halogens is 1. The summed E-state index contributed by atoms with van der Waals surface area (Å²) in [7, 11) is 0. The second-order valence-electron chi connectivity index (χ2n) is 11.1. The first-order valence-electron chi connectivity index (χ1n) is 12.3. The molecule has 2 aliphatic carbocycles. The molecule has 1 saturated heterocycles. The monoisotopic (exact) mass is 434 g/mol. The summed E-state index contributed by atoms with van der Waals surface area (Å²) in [5.74, 6) is 2.78. The van der Waals surface area contributed by atoms with Crippen molar-refractivity contribution in [3.63, 3.8) is 0 Å². The molecule has 0 aromatic carbocycles. The Bertz CT molecular complexity index is 633. The van der Waals surface area contributed by atoms with Crippen molar-refractivity contribution in [3.8, 4) is 0 Å². The van der Waals surface area contributed by atoms with E-state index in [-0.39, 0.29) is 17.4 Å². The van der Waals surface area contributed by atoms with E-state index in [1.54, 1.807) is 0 Å². The Morgan fingerprint density at radius 3 is 2.60 bits per heavy atom. The van der Waals surface area contributed by atoms with Crippen LogP contribution in [0.3, 0.4) is 0 Å². The topological polar surface area (TPSA) is 32.3 Å². The van der Waals surface area contributed by atoms with Crippen LogP contribution in [-0.4, -0.2) is 36.5 Å². The highest BCUT2D eigenvalue weighted by Gasteiger charge is 2.40. The average Bonchev–Trinajstić information content (AvgIpc) is 3.20. The first-order valence-corrected chi connectivity index (χ1v) is 12.7. The molecule has 0 bridgehead atoms. The Hall–Kier alpha value is -0.800. The lowest BCUT2D eigenvalue weighted by Crippen LogP contribution is -2.53. The maximum Gasteiger partial charge on any atom is 0.220 e. The molecule has 30 heavy (non-hydrogen) atoms. The first kappa shape index (κ1) is 23.9. The molecule has 0 radical (unpaired) electrons. The van der Waals surface area contributed by atoms with Crippen molar-refractivity contribution >= 4 is 17.5 Å². The summed E-state index contributed by atoms with van der Waals surface area (Å²) >= 11 is 6.13. The van der Waals surface area contributed by atoms with Gasteiger partial charge in [0.25, 0.3) is 0 Å². The van der Waals surface area contributed by atoms with E-state index >= 15 is 0 Å². The molecule has 3 nitrogen and oxygen atoms in total. The smallest absolute Gasteiger partial charge is 0.220 e. The van der Waals surface area contributed by atoms with Gasteiger partial charge in [0.2, 0.25) is 5.91 Å². The molecule has 2 fully saturated rings. The lowest BCUT2D eigenvalue weighted by molar-refractivity contribution is -0.122. The van der Waals surface area contributed by atoms with Crippen LogP contribution in [0.15, 0.2) is 23.3 Å². The Morgan fingerprint density at radius 1 is 1.27 bits per heavy atom. The van der Waals surface area contributed by atoms with E-state index in [0.29, 0.717) is 24.2 Å². The number of likely N-dealkylation sites (tertiary alicyclic amines) is 1. The minimum atomic E-state index is 0.241. The molecule has 170 valence electrons. The van der Waals surface area contributed by atoms with Gasteiger partial charge in [0, 0.05) is 30.6 Å². The van der Waals surface area contributed by atoms with Crippen molar-refractivity contribution in [1.29, 1.82) is 0 Å². The number of allylic oxidation sites excluding steroid dienone is 4. The van der Waals surface area contributed by atoms with Crippen molar-refractivity contribution in [2.24, 2.45) is 29.1 Å². The highest BCUT2D eigenvalue weighted by Crippen LogP contribution is 2.43. The van der Waals surface area contributed by atoms with E-state index in [9.17, 15) is 4.79 Å². The number of hydrogen-bond donors (Lipinski definition) is 1. The summed E-state index contributed by atoms with van der Waals surface area (Å²) in [5.41, 5.74) is 0.263. The third-order valence-electron chi connectivity index (χ3n) is 7.86. The van der Waals surface area contributed by atoms with Crippen LogP contribution in [0.2, 0.25) is 0 Å². The maximum absolute atomic E-state index is 12.6.